The average molecular weight is 324 g/mol. The van der Waals surface area contributed by atoms with Crippen LogP contribution < -0.4 is 4.72 Å². The van der Waals surface area contributed by atoms with E-state index in [4.69, 9.17) is 4.52 Å². The number of nitrogens with zero attached hydrogens (tertiary/aromatic N) is 1. The Hall–Kier alpha value is -1.73. The summed E-state index contributed by atoms with van der Waals surface area (Å²) in [4.78, 5) is 0. The Morgan fingerprint density at radius 3 is 2.55 bits per heavy atom. The molecule has 1 aromatic carbocycles. The van der Waals surface area contributed by atoms with Gasteiger partial charge in [-0.15, -0.1) is 0 Å². The summed E-state index contributed by atoms with van der Waals surface area (Å²) in [6, 6.07) is 7.85. The van der Waals surface area contributed by atoms with Crippen molar-refractivity contribution in [2.24, 2.45) is 0 Å². The fraction of sp³-hybridized carbons (Fsp3) is 0.400. The minimum absolute atomic E-state index is 0.210. The first-order chi connectivity index (χ1) is 10.4. The molecule has 22 heavy (non-hydrogen) atoms. The van der Waals surface area contributed by atoms with Gasteiger partial charge >= 0.3 is 0 Å². The lowest BCUT2D eigenvalue weighted by molar-refractivity contribution is 0.388. The number of benzene rings is 1. The van der Waals surface area contributed by atoms with Gasteiger partial charge < -0.3 is 4.52 Å². The molecule has 5 nitrogen and oxygen atoms in total. The van der Waals surface area contributed by atoms with Crippen LogP contribution in [0.2, 0.25) is 0 Å². The Labute approximate surface area is 128 Å². The Morgan fingerprint density at radius 2 is 2.00 bits per heavy atom. The smallest absolute Gasteiger partial charge is 0.219 e. The third-order valence-corrected chi connectivity index (χ3v) is 5.20. The number of halogens is 1. The van der Waals surface area contributed by atoms with Gasteiger partial charge in [-0.3, -0.25) is 0 Å². The van der Waals surface area contributed by atoms with Crippen LogP contribution in [0.1, 0.15) is 29.9 Å². The predicted octanol–water partition coefficient (Wildman–Crippen LogP) is 2.27. The minimum Gasteiger partial charge on any atom is -0.360 e. The zero-order valence-electron chi connectivity index (χ0n) is 12.2. The minimum atomic E-state index is -3.49. The van der Waals surface area contributed by atoms with Gasteiger partial charge in [0.05, 0.1) is 5.69 Å². The van der Waals surface area contributed by atoms with Crippen LogP contribution in [0.5, 0.6) is 0 Å². The quantitative estimate of drug-likeness (QED) is 0.885. The summed E-state index contributed by atoms with van der Waals surface area (Å²) >= 11 is 0. The van der Waals surface area contributed by atoms with Gasteiger partial charge in [-0.1, -0.05) is 17.3 Å². The third-order valence-electron chi connectivity index (χ3n) is 3.95. The van der Waals surface area contributed by atoms with Crippen molar-refractivity contribution in [1.82, 2.24) is 9.88 Å². The summed E-state index contributed by atoms with van der Waals surface area (Å²) < 4.78 is 44.8. The number of nitrogens with one attached hydrogen (secondary N) is 1. The van der Waals surface area contributed by atoms with Crippen LogP contribution in [-0.2, 0) is 21.2 Å². The molecule has 1 saturated carbocycles. The van der Waals surface area contributed by atoms with E-state index >= 15 is 0 Å². The fourth-order valence-electron chi connectivity index (χ4n) is 2.49. The molecule has 1 fully saturated rings. The second-order valence-electron chi connectivity index (χ2n) is 5.80. The SMILES string of the molecule is Cc1cc(CS(=O)(=O)NCC2(c3ccc(F)cc3)CC2)on1. The largest absolute Gasteiger partial charge is 0.360 e. The van der Waals surface area contributed by atoms with Gasteiger partial charge in [0.1, 0.15) is 11.6 Å². The second-order valence-corrected chi connectivity index (χ2v) is 7.61. The van der Waals surface area contributed by atoms with Crippen molar-refractivity contribution >= 4 is 10.0 Å². The summed E-state index contributed by atoms with van der Waals surface area (Å²) in [5, 5.41) is 3.68. The molecule has 0 unspecified atom stereocenters. The van der Waals surface area contributed by atoms with E-state index in [1.165, 1.54) is 12.1 Å². The zero-order chi connectivity index (χ0) is 15.8. The topological polar surface area (TPSA) is 72.2 Å². The van der Waals surface area contributed by atoms with Crippen molar-refractivity contribution in [1.29, 1.82) is 0 Å². The van der Waals surface area contributed by atoms with Crippen LogP contribution in [0.25, 0.3) is 0 Å². The van der Waals surface area contributed by atoms with Crippen LogP contribution in [0.15, 0.2) is 34.9 Å². The first kappa shape index (κ1) is 15.2. The molecule has 0 bridgehead atoms. The molecular formula is C15H17FN2O3S. The molecule has 0 saturated heterocycles. The summed E-state index contributed by atoms with van der Waals surface area (Å²) in [7, 11) is -3.49. The van der Waals surface area contributed by atoms with E-state index in [1.54, 1.807) is 25.1 Å². The maximum atomic E-state index is 13.0. The molecule has 1 N–H and O–H groups in total. The molecule has 1 aliphatic carbocycles. The molecule has 0 amide bonds. The highest BCUT2D eigenvalue weighted by atomic mass is 32.2. The predicted molar refractivity (Wildman–Crippen MR) is 79.2 cm³/mol. The van der Waals surface area contributed by atoms with Crippen molar-refractivity contribution in [2.45, 2.75) is 30.9 Å². The van der Waals surface area contributed by atoms with E-state index in [0.29, 0.717) is 18.0 Å². The lowest BCUT2D eigenvalue weighted by Crippen LogP contribution is -2.33. The molecule has 1 aliphatic rings. The lowest BCUT2D eigenvalue weighted by Gasteiger charge is -2.16. The van der Waals surface area contributed by atoms with E-state index < -0.39 is 10.0 Å². The summed E-state index contributed by atoms with van der Waals surface area (Å²) in [5.41, 5.74) is 1.40. The molecule has 0 atom stereocenters. The second kappa shape index (κ2) is 5.48. The number of sulfonamides is 1. The zero-order valence-corrected chi connectivity index (χ0v) is 13.0. The standard InChI is InChI=1S/C15H17FN2O3S/c1-11-8-14(21-18-11)9-22(19,20)17-10-15(6-7-15)12-2-4-13(16)5-3-12/h2-5,8,17H,6-7,9-10H2,1H3. The van der Waals surface area contributed by atoms with E-state index in [2.05, 4.69) is 9.88 Å². The monoisotopic (exact) mass is 324 g/mol. The first-order valence-electron chi connectivity index (χ1n) is 7.04. The first-order valence-corrected chi connectivity index (χ1v) is 8.69. The number of hydrogen-bond donors (Lipinski definition) is 1. The van der Waals surface area contributed by atoms with Gasteiger partial charge in [0.15, 0.2) is 5.76 Å². The van der Waals surface area contributed by atoms with Crippen molar-refractivity contribution < 1.29 is 17.3 Å². The van der Waals surface area contributed by atoms with Crippen LogP contribution in [0.3, 0.4) is 0 Å². The lowest BCUT2D eigenvalue weighted by atomic mass is 9.96. The van der Waals surface area contributed by atoms with Crippen molar-refractivity contribution in [2.75, 3.05) is 6.54 Å². The molecule has 2 aromatic rings. The molecule has 0 spiro atoms. The number of hydrogen-bond acceptors (Lipinski definition) is 4. The molecule has 1 heterocycles. The Morgan fingerprint density at radius 1 is 1.32 bits per heavy atom. The maximum absolute atomic E-state index is 13.0. The van der Waals surface area contributed by atoms with Gasteiger partial charge in [-0.2, -0.15) is 0 Å². The number of aromatic nitrogens is 1. The van der Waals surface area contributed by atoms with Crippen molar-refractivity contribution in [3.05, 3.63) is 53.2 Å². The Bertz CT molecular complexity index is 764. The highest BCUT2D eigenvalue weighted by Crippen LogP contribution is 2.47. The summed E-state index contributed by atoms with van der Waals surface area (Å²) in [6.45, 7) is 2.05. The van der Waals surface area contributed by atoms with Crippen LogP contribution in [0, 0.1) is 12.7 Å². The highest BCUT2D eigenvalue weighted by molar-refractivity contribution is 7.88. The molecule has 1 aromatic heterocycles. The molecule has 7 heteroatoms. The van der Waals surface area contributed by atoms with Crippen molar-refractivity contribution in [3.8, 4) is 0 Å². The normalized spacial score (nSPS) is 16.6. The van der Waals surface area contributed by atoms with Crippen LogP contribution in [0.4, 0.5) is 4.39 Å². The number of aryl methyl sites for hydroxylation is 1. The summed E-state index contributed by atoms with van der Waals surface area (Å²) in [5.74, 6) is -0.203. The van der Waals surface area contributed by atoms with Crippen LogP contribution >= 0.6 is 0 Å². The molecule has 0 radical (unpaired) electrons. The van der Waals surface area contributed by atoms with Crippen molar-refractivity contribution in [3.63, 3.8) is 0 Å². The van der Waals surface area contributed by atoms with Gasteiger partial charge in [0, 0.05) is 18.0 Å². The van der Waals surface area contributed by atoms with E-state index in [0.717, 1.165) is 18.4 Å². The van der Waals surface area contributed by atoms with Gasteiger partial charge in [0.2, 0.25) is 10.0 Å². The van der Waals surface area contributed by atoms with Gasteiger partial charge in [0.25, 0.3) is 0 Å². The van der Waals surface area contributed by atoms with E-state index in [-0.39, 0.29) is 17.0 Å². The maximum Gasteiger partial charge on any atom is 0.219 e. The van der Waals surface area contributed by atoms with Gasteiger partial charge in [-0.25, -0.2) is 17.5 Å². The number of rotatable bonds is 6. The Balaban J connectivity index is 1.65. The molecule has 118 valence electrons. The van der Waals surface area contributed by atoms with Crippen LogP contribution in [-0.4, -0.2) is 20.1 Å². The highest BCUT2D eigenvalue weighted by Gasteiger charge is 2.44. The van der Waals surface area contributed by atoms with E-state index in [9.17, 15) is 12.8 Å². The van der Waals surface area contributed by atoms with Gasteiger partial charge in [-0.05, 0) is 37.5 Å². The third kappa shape index (κ3) is 3.36. The average Bonchev–Trinajstić information content (AvgIpc) is 3.15. The Kier molecular flexibility index (Phi) is 3.78. The molecular weight excluding hydrogens is 307 g/mol. The molecule has 3 rings (SSSR count). The van der Waals surface area contributed by atoms with E-state index in [1.807, 2.05) is 0 Å². The fourth-order valence-corrected chi connectivity index (χ4v) is 3.60. The summed E-state index contributed by atoms with van der Waals surface area (Å²) in [6.07, 6.45) is 1.78. The molecule has 0 aliphatic heterocycles.